The van der Waals surface area contributed by atoms with Crippen molar-refractivity contribution in [1.82, 2.24) is 30.1 Å². The van der Waals surface area contributed by atoms with Crippen molar-refractivity contribution in [3.05, 3.63) is 123 Å². The van der Waals surface area contributed by atoms with Crippen molar-refractivity contribution in [2.45, 2.75) is 64.1 Å². The molecule has 2 heterocycles. The third-order valence-corrected chi connectivity index (χ3v) is 8.20. The molecule has 2 aromatic heterocycles. The van der Waals surface area contributed by atoms with Crippen molar-refractivity contribution in [2.24, 2.45) is 0 Å². The number of aryl methyl sites for hydroxylation is 1. The molecule has 1 fully saturated rings. The maximum atomic E-state index is 13.8. The van der Waals surface area contributed by atoms with Crippen molar-refractivity contribution in [1.29, 1.82) is 0 Å². The molecule has 204 valence electrons. The van der Waals surface area contributed by atoms with Gasteiger partial charge in [-0.2, -0.15) is 0 Å². The van der Waals surface area contributed by atoms with E-state index in [9.17, 15) is 4.79 Å². The van der Waals surface area contributed by atoms with E-state index >= 15 is 0 Å². The zero-order valence-corrected chi connectivity index (χ0v) is 23.0. The number of nitrogens with zero attached hydrogens (tertiary/aromatic N) is 5. The van der Waals surface area contributed by atoms with Gasteiger partial charge in [0.05, 0.1) is 6.04 Å². The smallest absolute Gasteiger partial charge is 0.253 e. The summed E-state index contributed by atoms with van der Waals surface area (Å²) in [6.07, 6.45) is 6.24. The summed E-state index contributed by atoms with van der Waals surface area (Å²) >= 11 is 0. The number of rotatable bonds is 10. The highest BCUT2D eigenvalue weighted by atomic mass is 16.1. The molecule has 0 radical (unpaired) electrons. The molecule has 7 nitrogen and oxygen atoms in total. The van der Waals surface area contributed by atoms with E-state index in [1.807, 2.05) is 22.9 Å². The Morgan fingerprint density at radius 2 is 1.65 bits per heavy atom. The van der Waals surface area contributed by atoms with Gasteiger partial charge in [-0.15, -0.1) is 5.10 Å². The lowest BCUT2D eigenvalue weighted by Crippen LogP contribution is -2.36. The van der Waals surface area contributed by atoms with Crippen molar-refractivity contribution >= 4 is 10.9 Å². The SMILES string of the molecule is CCc1ccc2[nH]c(=O)c([C@@H](c3nnnn3C3CCCC3)N(CCc3ccccc3)Cc3ccccc3)cc2c1. The molecule has 7 heteroatoms. The fraction of sp³-hybridized carbons (Fsp3) is 0.333. The monoisotopic (exact) mass is 532 g/mol. The van der Waals surface area contributed by atoms with E-state index in [0.29, 0.717) is 12.1 Å². The zero-order chi connectivity index (χ0) is 27.3. The Labute approximate surface area is 234 Å². The van der Waals surface area contributed by atoms with Gasteiger partial charge in [-0.25, -0.2) is 4.68 Å². The number of hydrogen-bond acceptors (Lipinski definition) is 5. The van der Waals surface area contributed by atoms with Crippen LogP contribution in [0, 0.1) is 0 Å². The number of aromatic nitrogens is 5. The van der Waals surface area contributed by atoms with Crippen LogP contribution in [-0.4, -0.2) is 36.6 Å². The third-order valence-electron chi connectivity index (χ3n) is 8.20. The van der Waals surface area contributed by atoms with Crippen LogP contribution in [0.3, 0.4) is 0 Å². The predicted molar refractivity (Wildman–Crippen MR) is 158 cm³/mol. The van der Waals surface area contributed by atoms with Gasteiger partial charge in [-0.3, -0.25) is 9.69 Å². The first-order valence-electron chi connectivity index (χ1n) is 14.4. The molecular formula is C33H36N6O. The van der Waals surface area contributed by atoms with E-state index in [4.69, 9.17) is 0 Å². The van der Waals surface area contributed by atoms with Crippen LogP contribution in [-0.2, 0) is 19.4 Å². The number of hydrogen-bond donors (Lipinski definition) is 1. The first kappa shape index (κ1) is 26.1. The van der Waals surface area contributed by atoms with Crippen molar-refractivity contribution < 1.29 is 0 Å². The van der Waals surface area contributed by atoms with E-state index < -0.39 is 6.04 Å². The number of fused-ring (bicyclic) bond motifs is 1. The Balaban J connectivity index is 1.50. The van der Waals surface area contributed by atoms with E-state index in [2.05, 4.69) is 99.1 Å². The quantitative estimate of drug-likeness (QED) is 0.238. The molecule has 1 atom stereocenters. The summed E-state index contributed by atoms with van der Waals surface area (Å²) in [5, 5.41) is 14.3. The fourth-order valence-electron chi connectivity index (χ4n) is 6.02. The van der Waals surface area contributed by atoms with Crippen LogP contribution in [0.2, 0.25) is 0 Å². The van der Waals surface area contributed by atoms with Crippen LogP contribution < -0.4 is 5.56 Å². The summed E-state index contributed by atoms with van der Waals surface area (Å²) in [6, 6.07) is 29.2. The Morgan fingerprint density at radius 3 is 2.38 bits per heavy atom. The van der Waals surface area contributed by atoms with Crippen LogP contribution >= 0.6 is 0 Å². The molecule has 6 rings (SSSR count). The number of H-pyrrole nitrogens is 1. The Morgan fingerprint density at radius 1 is 0.925 bits per heavy atom. The molecule has 0 aliphatic heterocycles. The van der Waals surface area contributed by atoms with Crippen molar-refractivity contribution in [3.63, 3.8) is 0 Å². The number of benzene rings is 3. The van der Waals surface area contributed by atoms with Gasteiger partial charge in [0.1, 0.15) is 6.04 Å². The molecule has 1 N–H and O–H groups in total. The second-order valence-electron chi connectivity index (χ2n) is 10.8. The summed E-state index contributed by atoms with van der Waals surface area (Å²) in [6.45, 7) is 3.56. The Hall–Kier alpha value is -4.10. The summed E-state index contributed by atoms with van der Waals surface area (Å²) in [5.74, 6) is 0.743. The van der Waals surface area contributed by atoms with Gasteiger partial charge in [0.25, 0.3) is 5.56 Å². The fourth-order valence-corrected chi connectivity index (χ4v) is 6.02. The molecule has 1 saturated carbocycles. The van der Waals surface area contributed by atoms with E-state index in [1.165, 1.54) is 29.5 Å². The Bertz CT molecular complexity index is 1600. The first-order chi connectivity index (χ1) is 19.7. The summed E-state index contributed by atoms with van der Waals surface area (Å²) < 4.78 is 2.00. The lowest BCUT2D eigenvalue weighted by atomic mass is 10.00. The lowest BCUT2D eigenvalue weighted by molar-refractivity contribution is 0.201. The van der Waals surface area contributed by atoms with Gasteiger partial charge in [0.2, 0.25) is 0 Å². The lowest BCUT2D eigenvalue weighted by Gasteiger charge is -2.32. The van der Waals surface area contributed by atoms with Gasteiger partial charge in [0.15, 0.2) is 5.82 Å². The molecule has 0 saturated heterocycles. The van der Waals surface area contributed by atoms with E-state index in [-0.39, 0.29) is 11.6 Å². The van der Waals surface area contributed by atoms with Crippen LogP contribution in [0.5, 0.6) is 0 Å². The van der Waals surface area contributed by atoms with E-state index in [1.54, 1.807) is 0 Å². The molecule has 0 unspecified atom stereocenters. The van der Waals surface area contributed by atoms with Gasteiger partial charge in [0, 0.05) is 24.2 Å². The molecule has 0 amide bonds. The minimum Gasteiger partial charge on any atom is -0.322 e. The molecule has 0 bridgehead atoms. The topological polar surface area (TPSA) is 79.7 Å². The zero-order valence-electron chi connectivity index (χ0n) is 23.0. The van der Waals surface area contributed by atoms with E-state index in [0.717, 1.165) is 49.0 Å². The first-order valence-corrected chi connectivity index (χ1v) is 14.4. The molecule has 1 aliphatic rings. The van der Waals surface area contributed by atoms with Crippen molar-refractivity contribution in [3.8, 4) is 0 Å². The van der Waals surface area contributed by atoms with Crippen LogP contribution in [0.25, 0.3) is 10.9 Å². The van der Waals surface area contributed by atoms with Gasteiger partial charge in [-0.1, -0.05) is 86.5 Å². The second-order valence-corrected chi connectivity index (χ2v) is 10.8. The minimum absolute atomic E-state index is 0.0968. The number of nitrogens with one attached hydrogen (secondary N) is 1. The maximum absolute atomic E-state index is 13.8. The number of tetrazole rings is 1. The van der Waals surface area contributed by atoms with Crippen molar-refractivity contribution in [2.75, 3.05) is 6.54 Å². The summed E-state index contributed by atoms with van der Waals surface area (Å²) in [7, 11) is 0. The van der Waals surface area contributed by atoms with Crippen LogP contribution in [0.1, 0.15) is 72.8 Å². The summed E-state index contributed by atoms with van der Waals surface area (Å²) in [5.41, 5.74) is 5.11. The highest BCUT2D eigenvalue weighted by Gasteiger charge is 2.33. The maximum Gasteiger partial charge on any atom is 0.253 e. The number of pyridine rings is 1. The summed E-state index contributed by atoms with van der Waals surface area (Å²) in [4.78, 5) is 19.4. The van der Waals surface area contributed by atoms with Gasteiger partial charge in [-0.05, 0) is 76.4 Å². The molecule has 0 spiro atoms. The predicted octanol–water partition coefficient (Wildman–Crippen LogP) is 6.03. The molecular weight excluding hydrogens is 496 g/mol. The average Bonchev–Trinajstić information content (AvgIpc) is 3.70. The largest absolute Gasteiger partial charge is 0.322 e. The van der Waals surface area contributed by atoms with Gasteiger partial charge >= 0.3 is 0 Å². The highest BCUT2D eigenvalue weighted by Crippen LogP contribution is 2.34. The standard InChI is InChI=1S/C33H36N6O/c1-2-24-17-18-30-27(21-24)22-29(33(40)34-30)31(32-35-36-37-39(32)28-15-9-10-16-28)38(23-26-13-7-4-8-14-26)20-19-25-11-5-3-6-12-25/h3-8,11-14,17-18,21-22,28,31H,2,9-10,15-16,19-20,23H2,1H3,(H,34,40)/t31-/m0/s1. The third kappa shape index (κ3) is 5.61. The number of aromatic amines is 1. The minimum atomic E-state index is -0.405. The average molecular weight is 533 g/mol. The molecule has 40 heavy (non-hydrogen) atoms. The molecule has 3 aromatic carbocycles. The van der Waals surface area contributed by atoms with Gasteiger partial charge < -0.3 is 4.98 Å². The second kappa shape index (κ2) is 12.0. The molecule has 1 aliphatic carbocycles. The van der Waals surface area contributed by atoms with Crippen LogP contribution in [0.4, 0.5) is 0 Å². The normalized spacial score (nSPS) is 14.8. The molecule has 5 aromatic rings. The highest BCUT2D eigenvalue weighted by molar-refractivity contribution is 5.80. The Kier molecular flexibility index (Phi) is 7.82. The van der Waals surface area contributed by atoms with Crippen LogP contribution in [0.15, 0.2) is 89.7 Å².